The van der Waals surface area contributed by atoms with Crippen LogP contribution in [0.4, 0.5) is 0 Å². The summed E-state index contributed by atoms with van der Waals surface area (Å²) < 4.78 is 0. The summed E-state index contributed by atoms with van der Waals surface area (Å²) >= 11 is 0. The Labute approximate surface area is 139 Å². The van der Waals surface area contributed by atoms with E-state index in [1.807, 2.05) is 6.92 Å². The van der Waals surface area contributed by atoms with E-state index in [-0.39, 0.29) is 0 Å². The predicted octanol–water partition coefficient (Wildman–Crippen LogP) is 5.35. The minimum absolute atomic E-state index is 0.360. The highest BCUT2D eigenvalue weighted by Gasteiger charge is 2.08. The van der Waals surface area contributed by atoms with Gasteiger partial charge in [-0.25, -0.2) is 4.98 Å². The van der Waals surface area contributed by atoms with Gasteiger partial charge in [-0.05, 0) is 25.3 Å². The molecule has 23 heavy (non-hydrogen) atoms. The van der Waals surface area contributed by atoms with Gasteiger partial charge in [0.25, 0.3) is 0 Å². The van der Waals surface area contributed by atoms with E-state index in [0.29, 0.717) is 6.42 Å². The Morgan fingerprint density at radius 1 is 1.04 bits per heavy atom. The zero-order valence-electron chi connectivity index (χ0n) is 14.4. The van der Waals surface area contributed by atoms with Crippen molar-refractivity contribution >= 4 is 0 Å². The predicted molar refractivity (Wildman–Crippen MR) is 95.2 cm³/mol. The number of aromatic amines is 1. The minimum atomic E-state index is 0.360. The molecule has 122 valence electrons. The lowest BCUT2D eigenvalue weighted by Crippen LogP contribution is -1.88. The first kappa shape index (κ1) is 17.3. The van der Waals surface area contributed by atoms with Gasteiger partial charge >= 0.3 is 0 Å². The first-order valence-electron chi connectivity index (χ1n) is 8.76. The Morgan fingerprint density at radius 3 is 2.43 bits per heavy atom. The van der Waals surface area contributed by atoms with Crippen molar-refractivity contribution in [1.29, 1.82) is 5.26 Å². The molecular weight excluding hydrogens is 282 g/mol. The van der Waals surface area contributed by atoms with E-state index in [4.69, 9.17) is 5.26 Å². The fourth-order valence-electron chi connectivity index (χ4n) is 2.82. The maximum atomic E-state index is 8.81. The zero-order valence-corrected chi connectivity index (χ0v) is 14.4. The second-order valence-electron chi connectivity index (χ2n) is 6.21. The van der Waals surface area contributed by atoms with Crippen LogP contribution in [-0.2, 0) is 12.8 Å². The smallest absolute Gasteiger partial charge is 0.137 e. The summed E-state index contributed by atoms with van der Waals surface area (Å²) in [4.78, 5) is 7.80. The summed E-state index contributed by atoms with van der Waals surface area (Å²) in [5.74, 6) is 0.860. The lowest BCUT2D eigenvalue weighted by Gasteiger charge is -2.03. The monoisotopic (exact) mass is 309 g/mol. The van der Waals surface area contributed by atoms with Gasteiger partial charge in [0.1, 0.15) is 5.82 Å². The van der Waals surface area contributed by atoms with Crippen LogP contribution < -0.4 is 0 Å². The Kier molecular flexibility index (Phi) is 6.87. The second kappa shape index (κ2) is 9.15. The molecule has 3 heteroatoms. The third kappa shape index (κ3) is 5.25. The fourth-order valence-corrected chi connectivity index (χ4v) is 2.82. The van der Waals surface area contributed by atoms with Crippen LogP contribution in [0, 0.1) is 18.3 Å². The number of hydrogen-bond donors (Lipinski definition) is 1. The van der Waals surface area contributed by atoms with Gasteiger partial charge in [-0.15, -0.1) is 0 Å². The van der Waals surface area contributed by atoms with E-state index in [0.717, 1.165) is 29.2 Å². The Balaban J connectivity index is 1.87. The summed E-state index contributed by atoms with van der Waals surface area (Å²) in [5, 5.41) is 8.81. The highest BCUT2D eigenvalue weighted by atomic mass is 14.9. The molecule has 0 aliphatic carbocycles. The molecule has 3 nitrogen and oxygen atoms in total. The van der Waals surface area contributed by atoms with Crippen LogP contribution in [0.1, 0.15) is 62.4 Å². The van der Waals surface area contributed by atoms with Crippen LogP contribution in [0.15, 0.2) is 24.3 Å². The third-order valence-electron chi connectivity index (χ3n) is 4.28. The van der Waals surface area contributed by atoms with Crippen molar-refractivity contribution in [3.8, 4) is 17.5 Å². The molecule has 0 unspecified atom stereocenters. The molecule has 1 N–H and O–H groups in total. The van der Waals surface area contributed by atoms with Crippen molar-refractivity contribution < 1.29 is 0 Å². The van der Waals surface area contributed by atoms with Crippen molar-refractivity contribution in [2.75, 3.05) is 0 Å². The molecule has 2 rings (SSSR count). The molecule has 1 aromatic heterocycles. The number of nitrogens with zero attached hydrogens (tertiary/aromatic N) is 2. The summed E-state index contributed by atoms with van der Waals surface area (Å²) in [6.45, 7) is 4.22. The van der Waals surface area contributed by atoms with Crippen LogP contribution >= 0.6 is 0 Å². The van der Waals surface area contributed by atoms with Gasteiger partial charge in [0, 0.05) is 11.3 Å². The summed E-state index contributed by atoms with van der Waals surface area (Å²) in [5.41, 5.74) is 4.31. The van der Waals surface area contributed by atoms with Gasteiger partial charge in [0.15, 0.2) is 0 Å². The highest BCUT2D eigenvalue weighted by molar-refractivity contribution is 5.56. The number of unbranched alkanes of at least 4 members (excludes halogenated alkanes) is 5. The number of H-pyrrole nitrogens is 1. The molecule has 0 aliphatic rings. The maximum absolute atomic E-state index is 8.81. The Morgan fingerprint density at radius 2 is 1.74 bits per heavy atom. The van der Waals surface area contributed by atoms with Crippen LogP contribution in [0.5, 0.6) is 0 Å². The average molecular weight is 309 g/mol. The highest BCUT2D eigenvalue weighted by Crippen LogP contribution is 2.20. The van der Waals surface area contributed by atoms with E-state index >= 15 is 0 Å². The van der Waals surface area contributed by atoms with Crippen molar-refractivity contribution in [1.82, 2.24) is 9.97 Å². The molecule has 1 aromatic carbocycles. The number of hydrogen-bond acceptors (Lipinski definition) is 2. The largest absolute Gasteiger partial charge is 0.342 e. The SMILES string of the molecule is CCCCCCCCc1ccc(-c2nc(CC#N)c(C)[nH]2)cc1. The molecular formula is C20H27N3. The number of benzene rings is 1. The van der Waals surface area contributed by atoms with Crippen LogP contribution in [-0.4, -0.2) is 9.97 Å². The van der Waals surface area contributed by atoms with Gasteiger partial charge in [0.2, 0.25) is 0 Å². The van der Waals surface area contributed by atoms with Gasteiger partial charge in [-0.3, -0.25) is 0 Å². The van der Waals surface area contributed by atoms with Gasteiger partial charge in [-0.1, -0.05) is 63.3 Å². The molecule has 0 amide bonds. The first-order valence-corrected chi connectivity index (χ1v) is 8.76. The fraction of sp³-hybridized carbons (Fsp3) is 0.500. The van der Waals surface area contributed by atoms with Crippen molar-refractivity contribution in [2.24, 2.45) is 0 Å². The average Bonchev–Trinajstić information content (AvgIpc) is 2.93. The number of aromatic nitrogens is 2. The Hall–Kier alpha value is -2.08. The van der Waals surface area contributed by atoms with E-state index < -0.39 is 0 Å². The molecule has 0 spiro atoms. The number of nitrogens with one attached hydrogen (secondary N) is 1. The summed E-state index contributed by atoms with van der Waals surface area (Å²) in [6.07, 6.45) is 9.53. The van der Waals surface area contributed by atoms with Crippen molar-refractivity contribution in [3.05, 3.63) is 41.2 Å². The number of imidazole rings is 1. The number of rotatable bonds is 9. The number of aryl methyl sites for hydroxylation is 2. The van der Waals surface area contributed by atoms with E-state index in [1.165, 1.54) is 44.1 Å². The normalized spacial score (nSPS) is 10.7. The second-order valence-corrected chi connectivity index (χ2v) is 6.21. The minimum Gasteiger partial charge on any atom is -0.342 e. The van der Waals surface area contributed by atoms with Crippen LogP contribution in [0.25, 0.3) is 11.4 Å². The first-order chi connectivity index (χ1) is 11.2. The van der Waals surface area contributed by atoms with E-state index in [9.17, 15) is 0 Å². The molecule has 0 bridgehead atoms. The summed E-state index contributed by atoms with van der Waals surface area (Å²) in [6, 6.07) is 10.8. The topological polar surface area (TPSA) is 52.5 Å². The molecule has 0 aliphatic heterocycles. The molecule has 1 heterocycles. The number of nitriles is 1. The van der Waals surface area contributed by atoms with Gasteiger partial charge in [-0.2, -0.15) is 5.26 Å². The van der Waals surface area contributed by atoms with E-state index in [1.54, 1.807) is 0 Å². The van der Waals surface area contributed by atoms with Crippen LogP contribution in [0.2, 0.25) is 0 Å². The molecule has 2 aromatic rings. The van der Waals surface area contributed by atoms with E-state index in [2.05, 4.69) is 47.2 Å². The van der Waals surface area contributed by atoms with Crippen LogP contribution in [0.3, 0.4) is 0 Å². The zero-order chi connectivity index (χ0) is 16.5. The summed E-state index contributed by atoms with van der Waals surface area (Å²) in [7, 11) is 0. The Bertz CT molecular complexity index is 632. The quantitative estimate of drug-likeness (QED) is 0.634. The van der Waals surface area contributed by atoms with Gasteiger partial charge in [0.05, 0.1) is 18.2 Å². The molecule has 0 saturated heterocycles. The molecule has 0 radical (unpaired) electrons. The van der Waals surface area contributed by atoms with Gasteiger partial charge < -0.3 is 4.98 Å². The third-order valence-corrected chi connectivity index (χ3v) is 4.28. The van der Waals surface area contributed by atoms with Crippen molar-refractivity contribution in [2.45, 2.75) is 65.2 Å². The molecule has 0 saturated carbocycles. The molecule has 0 fully saturated rings. The lowest BCUT2D eigenvalue weighted by molar-refractivity contribution is 0.607. The standard InChI is InChI=1S/C20H27N3/c1-3-4-5-6-7-8-9-17-10-12-18(13-11-17)20-22-16(2)19(23-20)14-15-21/h10-13H,3-9,14H2,1-2H3,(H,22,23). The van der Waals surface area contributed by atoms with Crippen molar-refractivity contribution in [3.63, 3.8) is 0 Å². The maximum Gasteiger partial charge on any atom is 0.137 e. The lowest BCUT2D eigenvalue weighted by atomic mass is 10.0. The molecule has 0 atom stereocenters.